The normalized spacial score (nSPS) is 13.8. The van der Waals surface area contributed by atoms with Gasteiger partial charge < -0.3 is 11.1 Å². The van der Waals surface area contributed by atoms with E-state index in [-0.39, 0.29) is 11.9 Å². The summed E-state index contributed by atoms with van der Waals surface area (Å²) in [5.74, 6) is -0.146. The minimum Gasteiger partial charge on any atom is -0.324 e. The molecule has 2 unspecified atom stereocenters. The van der Waals surface area contributed by atoms with Crippen LogP contribution in [0.5, 0.6) is 0 Å². The maximum atomic E-state index is 12.1. The lowest BCUT2D eigenvalue weighted by molar-refractivity contribution is -0.119. The van der Waals surface area contributed by atoms with E-state index in [0.29, 0.717) is 5.69 Å². The molecule has 100 valence electrons. The molecule has 0 saturated heterocycles. The molecule has 1 amide bonds. The van der Waals surface area contributed by atoms with Gasteiger partial charge in [0.2, 0.25) is 5.91 Å². The average Bonchev–Trinajstić information content (AvgIpc) is 2.88. The Labute approximate surface area is 111 Å². The van der Waals surface area contributed by atoms with Crippen molar-refractivity contribution in [3.05, 3.63) is 42.2 Å². The van der Waals surface area contributed by atoms with Gasteiger partial charge in [0.15, 0.2) is 0 Å². The molecule has 0 aliphatic carbocycles. The molecule has 0 aliphatic rings. The van der Waals surface area contributed by atoms with Crippen molar-refractivity contribution in [1.82, 2.24) is 15.0 Å². The molecule has 2 aromatic rings. The second-order valence-electron chi connectivity index (χ2n) is 4.44. The first kappa shape index (κ1) is 13.2. The molecule has 2 atom stereocenters. The van der Waals surface area contributed by atoms with Crippen LogP contribution in [0, 0.1) is 0 Å². The lowest BCUT2D eigenvalue weighted by Gasteiger charge is -2.11. The van der Waals surface area contributed by atoms with Crippen LogP contribution in [0.1, 0.15) is 31.6 Å². The number of benzene rings is 1. The minimum atomic E-state index is -0.444. The summed E-state index contributed by atoms with van der Waals surface area (Å²) in [5, 5.41) is 10.7. The summed E-state index contributed by atoms with van der Waals surface area (Å²) in [4.78, 5) is 12.1. The SMILES string of the molecule is CC(N)c1cn(C(C)C(=O)Nc2ccccc2)nn1. The quantitative estimate of drug-likeness (QED) is 0.871. The summed E-state index contributed by atoms with van der Waals surface area (Å²) in [6.07, 6.45) is 1.69. The summed E-state index contributed by atoms with van der Waals surface area (Å²) < 4.78 is 1.51. The van der Waals surface area contributed by atoms with Gasteiger partial charge in [0.1, 0.15) is 6.04 Å². The van der Waals surface area contributed by atoms with Gasteiger partial charge in [-0.1, -0.05) is 23.4 Å². The number of nitrogens with one attached hydrogen (secondary N) is 1. The van der Waals surface area contributed by atoms with Crippen LogP contribution in [0.25, 0.3) is 0 Å². The van der Waals surface area contributed by atoms with Crippen molar-refractivity contribution >= 4 is 11.6 Å². The van der Waals surface area contributed by atoms with E-state index < -0.39 is 6.04 Å². The number of carbonyl (C=O) groups is 1. The Morgan fingerprint density at radius 2 is 2.00 bits per heavy atom. The van der Waals surface area contributed by atoms with Crippen LogP contribution in [0.2, 0.25) is 0 Å². The Hall–Kier alpha value is -2.21. The Kier molecular flexibility index (Phi) is 3.91. The Bertz CT molecular complexity index is 549. The van der Waals surface area contributed by atoms with Gasteiger partial charge in [0.25, 0.3) is 0 Å². The van der Waals surface area contributed by atoms with Crippen molar-refractivity contribution in [1.29, 1.82) is 0 Å². The van der Waals surface area contributed by atoms with Crippen LogP contribution in [0.3, 0.4) is 0 Å². The molecule has 1 aromatic heterocycles. The van der Waals surface area contributed by atoms with E-state index in [9.17, 15) is 4.79 Å². The number of hydrogen-bond acceptors (Lipinski definition) is 4. The predicted molar refractivity (Wildman–Crippen MR) is 72.4 cm³/mol. The maximum Gasteiger partial charge on any atom is 0.249 e. The first-order chi connectivity index (χ1) is 9.08. The molecule has 1 aromatic carbocycles. The first-order valence-corrected chi connectivity index (χ1v) is 6.11. The number of nitrogens with two attached hydrogens (primary N) is 1. The fourth-order valence-electron chi connectivity index (χ4n) is 1.58. The molecule has 6 nitrogen and oxygen atoms in total. The van der Waals surface area contributed by atoms with Gasteiger partial charge in [-0.25, -0.2) is 4.68 Å². The Balaban J connectivity index is 2.06. The van der Waals surface area contributed by atoms with Gasteiger partial charge in [0.05, 0.1) is 11.9 Å². The number of nitrogens with zero attached hydrogens (tertiary/aromatic N) is 3. The smallest absolute Gasteiger partial charge is 0.249 e. The highest BCUT2D eigenvalue weighted by Crippen LogP contribution is 2.12. The van der Waals surface area contributed by atoms with E-state index >= 15 is 0 Å². The van der Waals surface area contributed by atoms with Crippen LogP contribution in [0.15, 0.2) is 36.5 Å². The highest BCUT2D eigenvalue weighted by Gasteiger charge is 2.17. The van der Waals surface area contributed by atoms with Crippen molar-refractivity contribution < 1.29 is 4.79 Å². The topological polar surface area (TPSA) is 85.8 Å². The van der Waals surface area contributed by atoms with Crippen LogP contribution in [-0.4, -0.2) is 20.9 Å². The third-order valence-electron chi connectivity index (χ3n) is 2.81. The summed E-state index contributed by atoms with van der Waals surface area (Å²) >= 11 is 0. The molecule has 2 rings (SSSR count). The molecular formula is C13H17N5O. The van der Waals surface area contributed by atoms with Crippen molar-refractivity contribution in [2.45, 2.75) is 25.9 Å². The van der Waals surface area contributed by atoms with Crippen molar-refractivity contribution in [2.24, 2.45) is 5.73 Å². The summed E-state index contributed by atoms with van der Waals surface area (Å²) in [7, 11) is 0. The molecule has 0 fully saturated rings. The Morgan fingerprint density at radius 1 is 1.32 bits per heavy atom. The van der Waals surface area contributed by atoms with Gasteiger partial charge in [-0.2, -0.15) is 0 Å². The second kappa shape index (κ2) is 5.62. The zero-order valence-corrected chi connectivity index (χ0v) is 10.9. The lowest BCUT2D eigenvalue weighted by atomic mass is 10.2. The molecule has 0 aliphatic heterocycles. The summed E-state index contributed by atoms with van der Waals surface area (Å²) in [5.41, 5.74) is 7.13. The van der Waals surface area contributed by atoms with E-state index in [1.807, 2.05) is 37.3 Å². The zero-order chi connectivity index (χ0) is 13.8. The average molecular weight is 259 g/mol. The number of amides is 1. The molecule has 0 radical (unpaired) electrons. The van der Waals surface area contributed by atoms with E-state index in [1.165, 1.54) is 4.68 Å². The number of hydrogen-bond donors (Lipinski definition) is 2. The molecular weight excluding hydrogens is 242 g/mol. The number of carbonyl (C=O) groups excluding carboxylic acids is 1. The highest BCUT2D eigenvalue weighted by molar-refractivity contribution is 5.93. The maximum absolute atomic E-state index is 12.1. The molecule has 3 N–H and O–H groups in total. The lowest BCUT2D eigenvalue weighted by Crippen LogP contribution is -2.24. The second-order valence-corrected chi connectivity index (χ2v) is 4.44. The minimum absolute atomic E-state index is 0.146. The van der Waals surface area contributed by atoms with Crippen LogP contribution < -0.4 is 11.1 Å². The molecule has 0 saturated carbocycles. The first-order valence-electron chi connectivity index (χ1n) is 6.11. The van der Waals surface area contributed by atoms with Crippen LogP contribution in [0.4, 0.5) is 5.69 Å². The van der Waals surface area contributed by atoms with Crippen molar-refractivity contribution in [3.63, 3.8) is 0 Å². The number of anilines is 1. The molecule has 19 heavy (non-hydrogen) atoms. The fourth-order valence-corrected chi connectivity index (χ4v) is 1.58. The van der Waals surface area contributed by atoms with Gasteiger partial charge in [-0.05, 0) is 26.0 Å². The molecule has 1 heterocycles. The summed E-state index contributed by atoms with van der Waals surface area (Å²) in [6.45, 7) is 3.58. The largest absolute Gasteiger partial charge is 0.324 e. The van der Waals surface area contributed by atoms with E-state index in [1.54, 1.807) is 13.1 Å². The van der Waals surface area contributed by atoms with Crippen molar-refractivity contribution in [3.8, 4) is 0 Å². The standard InChI is InChI=1S/C13H17N5O/c1-9(14)12-8-18(17-16-12)10(2)13(19)15-11-6-4-3-5-7-11/h3-10H,14H2,1-2H3,(H,15,19). The van der Waals surface area contributed by atoms with Gasteiger partial charge in [0, 0.05) is 11.7 Å². The van der Waals surface area contributed by atoms with Gasteiger partial charge >= 0.3 is 0 Å². The van der Waals surface area contributed by atoms with E-state index in [0.717, 1.165) is 5.69 Å². The fraction of sp³-hybridized carbons (Fsp3) is 0.308. The number of para-hydroxylation sites is 1. The molecule has 0 bridgehead atoms. The Morgan fingerprint density at radius 3 is 2.58 bits per heavy atom. The summed E-state index contributed by atoms with van der Waals surface area (Å²) in [6, 6.07) is 8.65. The monoisotopic (exact) mass is 259 g/mol. The van der Waals surface area contributed by atoms with Gasteiger partial charge in [-0.15, -0.1) is 5.10 Å². The highest BCUT2D eigenvalue weighted by atomic mass is 16.2. The number of aromatic nitrogens is 3. The number of rotatable bonds is 4. The molecule has 0 spiro atoms. The predicted octanol–water partition coefficient (Wildman–Crippen LogP) is 1.50. The third kappa shape index (κ3) is 3.17. The molecule has 6 heteroatoms. The van der Waals surface area contributed by atoms with Crippen LogP contribution in [-0.2, 0) is 4.79 Å². The van der Waals surface area contributed by atoms with Crippen LogP contribution >= 0.6 is 0 Å². The van der Waals surface area contributed by atoms with Gasteiger partial charge in [-0.3, -0.25) is 4.79 Å². The zero-order valence-electron chi connectivity index (χ0n) is 10.9. The third-order valence-corrected chi connectivity index (χ3v) is 2.81. The van der Waals surface area contributed by atoms with E-state index in [4.69, 9.17) is 5.73 Å². The van der Waals surface area contributed by atoms with E-state index in [2.05, 4.69) is 15.6 Å². The van der Waals surface area contributed by atoms with Crippen molar-refractivity contribution in [2.75, 3.05) is 5.32 Å².